The van der Waals surface area contributed by atoms with Gasteiger partial charge in [0.1, 0.15) is 5.56 Å². The van der Waals surface area contributed by atoms with Crippen molar-refractivity contribution in [1.29, 1.82) is 0 Å². The van der Waals surface area contributed by atoms with Gasteiger partial charge in [-0.15, -0.1) is 0 Å². The lowest BCUT2D eigenvalue weighted by atomic mass is 10.1. The second kappa shape index (κ2) is 4.19. The summed E-state index contributed by atoms with van der Waals surface area (Å²) in [5.74, 6) is -1.56. The minimum absolute atomic E-state index is 0.0170. The minimum atomic E-state index is -0.788. The van der Waals surface area contributed by atoms with Gasteiger partial charge in [0.15, 0.2) is 0 Å². The highest BCUT2D eigenvalue weighted by atomic mass is 16.6. The van der Waals surface area contributed by atoms with Crippen molar-refractivity contribution in [2.45, 2.75) is 0 Å². The molecule has 0 atom stereocenters. The molecule has 2 aromatic rings. The third kappa shape index (κ3) is 1.55. The Kier molecular flexibility index (Phi) is 2.50. The molecule has 1 aromatic carbocycles. The molecule has 0 spiro atoms. The number of rotatable bonds is 2. The van der Waals surface area contributed by atoms with Crippen LogP contribution in [0.5, 0.6) is 0 Å². The van der Waals surface area contributed by atoms with Crippen LogP contribution in [0.1, 0.15) is 20.7 Å². The second-order valence-corrected chi connectivity index (χ2v) is 3.95. The van der Waals surface area contributed by atoms with Crippen molar-refractivity contribution in [3.05, 3.63) is 57.9 Å². The molecule has 0 fully saturated rings. The molecule has 0 saturated heterocycles. The van der Waals surface area contributed by atoms with Gasteiger partial charge in [0, 0.05) is 18.5 Å². The molecular formula is C12H6N4O4. The Morgan fingerprint density at radius 2 is 1.75 bits per heavy atom. The van der Waals surface area contributed by atoms with Crippen LogP contribution in [0.2, 0.25) is 0 Å². The van der Waals surface area contributed by atoms with Gasteiger partial charge in [0.05, 0.1) is 10.5 Å². The molecule has 2 amide bonds. The molecule has 8 nitrogen and oxygen atoms in total. The molecule has 20 heavy (non-hydrogen) atoms. The summed E-state index contributed by atoms with van der Waals surface area (Å²) >= 11 is 0. The maximum absolute atomic E-state index is 12.3. The highest BCUT2D eigenvalue weighted by Crippen LogP contribution is 2.32. The number of fused-ring (bicyclic) bond motifs is 1. The number of hydrogen-bond acceptors (Lipinski definition) is 6. The van der Waals surface area contributed by atoms with E-state index < -0.39 is 22.4 Å². The van der Waals surface area contributed by atoms with Gasteiger partial charge in [-0.3, -0.25) is 19.7 Å². The number of anilines is 1. The Morgan fingerprint density at radius 1 is 1.05 bits per heavy atom. The summed E-state index contributed by atoms with van der Waals surface area (Å²) in [5.41, 5.74) is -0.647. The fourth-order valence-corrected chi connectivity index (χ4v) is 2.01. The van der Waals surface area contributed by atoms with E-state index in [1.54, 1.807) is 0 Å². The summed E-state index contributed by atoms with van der Waals surface area (Å²) in [5, 5.41) is 10.9. The lowest BCUT2D eigenvalue weighted by molar-refractivity contribution is -0.385. The Morgan fingerprint density at radius 3 is 2.40 bits per heavy atom. The van der Waals surface area contributed by atoms with Crippen molar-refractivity contribution in [2.24, 2.45) is 0 Å². The van der Waals surface area contributed by atoms with Crippen molar-refractivity contribution in [2.75, 3.05) is 4.90 Å². The van der Waals surface area contributed by atoms with Gasteiger partial charge in [0.25, 0.3) is 17.5 Å². The van der Waals surface area contributed by atoms with Crippen molar-refractivity contribution in [3.8, 4) is 0 Å². The number of carbonyl (C=O) groups excluding carboxylic acids is 2. The van der Waals surface area contributed by atoms with E-state index in [0.29, 0.717) is 0 Å². The van der Waals surface area contributed by atoms with Gasteiger partial charge in [-0.1, -0.05) is 6.07 Å². The van der Waals surface area contributed by atoms with Crippen LogP contribution in [0, 0.1) is 10.1 Å². The summed E-state index contributed by atoms with van der Waals surface area (Å²) < 4.78 is 0. The molecule has 8 heteroatoms. The first-order valence-electron chi connectivity index (χ1n) is 5.54. The standard InChI is InChI=1S/C12H6N4O4/c17-10-7-3-1-4-8(16(19)20)9(7)11(18)15(10)12-13-5-2-6-14-12/h1-6H. The van der Waals surface area contributed by atoms with Gasteiger partial charge < -0.3 is 0 Å². The molecule has 0 N–H and O–H groups in total. The Bertz CT molecular complexity index is 744. The molecule has 0 radical (unpaired) electrons. The van der Waals surface area contributed by atoms with E-state index in [4.69, 9.17) is 0 Å². The lowest BCUT2D eigenvalue weighted by Crippen LogP contribution is -2.31. The van der Waals surface area contributed by atoms with Gasteiger partial charge in [-0.25, -0.2) is 14.9 Å². The monoisotopic (exact) mass is 270 g/mol. The normalized spacial score (nSPS) is 13.5. The van der Waals surface area contributed by atoms with E-state index in [-0.39, 0.29) is 17.1 Å². The number of benzene rings is 1. The van der Waals surface area contributed by atoms with Crippen molar-refractivity contribution >= 4 is 23.5 Å². The van der Waals surface area contributed by atoms with Gasteiger partial charge in [-0.05, 0) is 12.1 Å². The van der Waals surface area contributed by atoms with Crippen LogP contribution in [0.15, 0.2) is 36.7 Å². The number of nitrogens with zero attached hydrogens (tertiary/aromatic N) is 4. The van der Waals surface area contributed by atoms with Crippen LogP contribution in [-0.2, 0) is 0 Å². The van der Waals surface area contributed by atoms with E-state index >= 15 is 0 Å². The summed E-state index contributed by atoms with van der Waals surface area (Å²) in [6.45, 7) is 0. The number of amides is 2. The Labute approximate surface area is 111 Å². The molecule has 0 bridgehead atoms. The first-order valence-corrected chi connectivity index (χ1v) is 5.54. The van der Waals surface area contributed by atoms with E-state index in [0.717, 1.165) is 4.90 Å². The first kappa shape index (κ1) is 11.9. The Balaban J connectivity index is 2.18. The third-order valence-corrected chi connectivity index (χ3v) is 2.84. The molecular weight excluding hydrogens is 264 g/mol. The summed E-state index contributed by atoms with van der Waals surface area (Å²) in [6, 6.07) is 5.44. The molecule has 2 heterocycles. The lowest BCUT2D eigenvalue weighted by Gasteiger charge is -2.09. The third-order valence-electron chi connectivity index (χ3n) is 2.84. The molecule has 1 aliphatic rings. The fraction of sp³-hybridized carbons (Fsp3) is 0. The number of hydrogen-bond donors (Lipinski definition) is 0. The zero-order valence-corrected chi connectivity index (χ0v) is 9.89. The number of aromatic nitrogens is 2. The fourth-order valence-electron chi connectivity index (χ4n) is 2.01. The molecule has 0 unspecified atom stereocenters. The Hall–Kier alpha value is -3.16. The van der Waals surface area contributed by atoms with Crippen LogP contribution in [0.3, 0.4) is 0 Å². The summed E-state index contributed by atoms with van der Waals surface area (Å²) in [4.78, 5) is 43.1. The largest absolute Gasteiger partial charge is 0.283 e. The van der Waals surface area contributed by atoms with Crippen molar-refractivity contribution in [3.63, 3.8) is 0 Å². The molecule has 0 aliphatic carbocycles. The van der Waals surface area contributed by atoms with Gasteiger partial charge in [-0.2, -0.15) is 0 Å². The van der Waals surface area contributed by atoms with E-state index in [1.165, 1.54) is 36.7 Å². The van der Waals surface area contributed by atoms with Gasteiger partial charge in [0.2, 0.25) is 5.95 Å². The number of nitro groups is 1. The van der Waals surface area contributed by atoms with Crippen LogP contribution in [0.4, 0.5) is 11.6 Å². The quantitative estimate of drug-likeness (QED) is 0.461. The van der Waals surface area contributed by atoms with Crippen molar-refractivity contribution < 1.29 is 14.5 Å². The predicted octanol–water partition coefficient (Wildman–Crippen LogP) is 1.19. The van der Waals surface area contributed by atoms with E-state index in [1.807, 2.05) is 0 Å². The first-order chi connectivity index (χ1) is 9.61. The van der Waals surface area contributed by atoms with Crippen LogP contribution in [0.25, 0.3) is 0 Å². The summed E-state index contributed by atoms with van der Waals surface area (Å²) in [6.07, 6.45) is 2.75. The minimum Gasteiger partial charge on any atom is -0.268 e. The van der Waals surface area contributed by atoms with Crippen LogP contribution in [-0.4, -0.2) is 26.7 Å². The SMILES string of the molecule is O=C1c2cccc([N+](=O)[O-])c2C(=O)N1c1ncccn1. The second-order valence-electron chi connectivity index (χ2n) is 3.95. The zero-order chi connectivity index (χ0) is 14.3. The maximum atomic E-state index is 12.3. The predicted molar refractivity (Wildman–Crippen MR) is 66.3 cm³/mol. The molecule has 3 rings (SSSR count). The number of carbonyl (C=O) groups is 2. The smallest absolute Gasteiger partial charge is 0.268 e. The number of nitro benzene ring substituents is 1. The molecule has 0 saturated carbocycles. The summed E-state index contributed by atoms with van der Waals surface area (Å²) in [7, 11) is 0. The topological polar surface area (TPSA) is 106 Å². The molecule has 1 aliphatic heterocycles. The van der Waals surface area contributed by atoms with Gasteiger partial charge >= 0.3 is 0 Å². The highest BCUT2D eigenvalue weighted by molar-refractivity contribution is 6.35. The van der Waals surface area contributed by atoms with E-state index in [2.05, 4.69) is 9.97 Å². The van der Waals surface area contributed by atoms with Crippen molar-refractivity contribution in [1.82, 2.24) is 9.97 Å². The molecule has 1 aromatic heterocycles. The molecule has 98 valence electrons. The maximum Gasteiger partial charge on any atom is 0.283 e. The average Bonchev–Trinajstić information content (AvgIpc) is 2.72. The zero-order valence-electron chi connectivity index (χ0n) is 9.89. The van der Waals surface area contributed by atoms with E-state index in [9.17, 15) is 19.7 Å². The van der Waals surface area contributed by atoms with Crippen LogP contribution >= 0.6 is 0 Å². The highest BCUT2D eigenvalue weighted by Gasteiger charge is 2.42. The number of imide groups is 1. The van der Waals surface area contributed by atoms with Crippen LogP contribution < -0.4 is 4.90 Å². The average molecular weight is 270 g/mol.